The lowest BCUT2D eigenvalue weighted by Crippen LogP contribution is -2.18. The summed E-state index contributed by atoms with van der Waals surface area (Å²) in [7, 11) is 0. The van der Waals surface area contributed by atoms with Crippen molar-refractivity contribution in [2.45, 2.75) is 33.2 Å². The molecule has 21 heavy (non-hydrogen) atoms. The molecule has 0 bridgehead atoms. The maximum Gasteiger partial charge on any atom is 0.573 e. The summed E-state index contributed by atoms with van der Waals surface area (Å²) in [6.07, 6.45) is -4.02. The minimum Gasteiger partial charge on any atom is -0.405 e. The molecule has 1 aromatic carbocycles. The van der Waals surface area contributed by atoms with Crippen molar-refractivity contribution in [3.63, 3.8) is 0 Å². The number of aromatic nitrogens is 2. The van der Waals surface area contributed by atoms with Crippen LogP contribution in [-0.2, 0) is 13.0 Å². The Morgan fingerprint density at radius 2 is 1.95 bits per heavy atom. The van der Waals surface area contributed by atoms with Crippen molar-refractivity contribution in [3.05, 3.63) is 34.4 Å². The van der Waals surface area contributed by atoms with E-state index in [-0.39, 0.29) is 5.75 Å². The van der Waals surface area contributed by atoms with Crippen molar-refractivity contribution in [3.8, 4) is 17.0 Å². The van der Waals surface area contributed by atoms with Crippen molar-refractivity contribution in [1.29, 1.82) is 0 Å². The highest BCUT2D eigenvalue weighted by atomic mass is 79.9. The van der Waals surface area contributed by atoms with Gasteiger partial charge in [-0.3, -0.25) is 4.68 Å². The monoisotopic (exact) mass is 362 g/mol. The first-order valence-electron chi connectivity index (χ1n) is 6.46. The van der Waals surface area contributed by atoms with Crippen LogP contribution in [0.1, 0.15) is 19.5 Å². The van der Waals surface area contributed by atoms with E-state index in [9.17, 15) is 13.2 Å². The summed E-state index contributed by atoms with van der Waals surface area (Å²) in [6, 6.07) is 6.36. The highest BCUT2D eigenvalue weighted by Gasteiger charge is 2.32. The number of nitrogens with zero attached hydrogens (tertiary/aromatic N) is 2. The smallest absolute Gasteiger partial charge is 0.405 e. The Bertz CT molecular complexity index is 638. The summed E-state index contributed by atoms with van der Waals surface area (Å²) in [6.45, 7) is 4.40. The van der Waals surface area contributed by atoms with E-state index in [1.54, 1.807) is 22.9 Å². The van der Waals surface area contributed by atoms with E-state index >= 15 is 0 Å². The molecular weight excluding hydrogens is 349 g/mol. The van der Waals surface area contributed by atoms with Gasteiger partial charge in [0.2, 0.25) is 0 Å². The van der Waals surface area contributed by atoms with E-state index in [1.165, 1.54) is 6.07 Å². The number of benzene rings is 1. The predicted molar refractivity (Wildman–Crippen MR) is 77.1 cm³/mol. The Kier molecular flexibility index (Phi) is 4.61. The summed E-state index contributed by atoms with van der Waals surface area (Å²) in [5, 5.41) is 4.35. The molecule has 0 saturated carbocycles. The number of alkyl halides is 3. The fourth-order valence-electron chi connectivity index (χ4n) is 2.02. The average Bonchev–Trinajstić information content (AvgIpc) is 2.80. The zero-order valence-corrected chi connectivity index (χ0v) is 13.1. The molecule has 0 saturated heterocycles. The van der Waals surface area contributed by atoms with Gasteiger partial charge in [-0.2, -0.15) is 5.10 Å². The van der Waals surface area contributed by atoms with E-state index < -0.39 is 6.36 Å². The van der Waals surface area contributed by atoms with Gasteiger partial charge < -0.3 is 4.74 Å². The van der Waals surface area contributed by atoms with Gasteiger partial charge in [-0.25, -0.2) is 0 Å². The van der Waals surface area contributed by atoms with E-state index in [4.69, 9.17) is 0 Å². The molecule has 0 aliphatic carbocycles. The van der Waals surface area contributed by atoms with E-state index in [2.05, 4.69) is 25.8 Å². The Hall–Kier alpha value is -1.50. The SMILES string of the molecule is CCc1cc(-c2ccc(Br)cc2OC(F)(F)F)n(CC)n1. The van der Waals surface area contributed by atoms with Crippen LogP contribution >= 0.6 is 15.9 Å². The van der Waals surface area contributed by atoms with Crippen molar-refractivity contribution >= 4 is 15.9 Å². The minimum absolute atomic E-state index is 0.242. The van der Waals surface area contributed by atoms with Gasteiger partial charge in [-0.05, 0) is 37.6 Å². The second-order valence-electron chi connectivity index (χ2n) is 4.38. The molecule has 0 unspecified atom stereocenters. The first-order valence-corrected chi connectivity index (χ1v) is 7.25. The van der Waals surface area contributed by atoms with Crippen LogP contribution in [0.15, 0.2) is 28.7 Å². The summed E-state index contributed by atoms with van der Waals surface area (Å²) in [5.74, 6) is -0.242. The Balaban J connectivity index is 2.55. The molecule has 3 nitrogen and oxygen atoms in total. The van der Waals surface area contributed by atoms with Gasteiger partial charge in [0.15, 0.2) is 0 Å². The first kappa shape index (κ1) is 15.9. The molecule has 0 spiro atoms. The van der Waals surface area contributed by atoms with Crippen molar-refractivity contribution in [2.75, 3.05) is 0 Å². The number of ether oxygens (including phenoxy) is 1. The normalized spacial score (nSPS) is 11.7. The highest BCUT2D eigenvalue weighted by molar-refractivity contribution is 9.10. The molecule has 0 N–H and O–H groups in total. The number of halogens is 4. The molecule has 2 rings (SSSR count). The molecule has 0 aliphatic heterocycles. The van der Waals surface area contributed by atoms with Gasteiger partial charge in [0.25, 0.3) is 0 Å². The molecule has 114 valence electrons. The Labute approximate surface area is 128 Å². The van der Waals surface area contributed by atoms with Gasteiger partial charge in [0, 0.05) is 16.6 Å². The fourth-order valence-corrected chi connectivity index (χ4v) is 2.36. The third kappa shape index (κ3) is 3.78. The molecule has 0 atom stereocenters. The number of hydrogen-bond acceptors (Lipinski definition) is 2. The summed E-state index contributed by atoms with van der Waals surface area (Å²) >= 11 is 3.16. The predicted octanol–water partition coefficient (Wildman–Crippen LogP) is 4.79. The van der Waals surface area contributed by atoms with Gasteiger partial charge in [-0.15, -0.1) is 13.2 Å². The summed E-state index contributed by atoms with van der Waals surface area (Å²) < 4.78 is 44.0. The van der Waals surface area contributed by atoms with Gasteiger partial charge in [0.05, 0.1) is 11.4 Å². The summed E-state index contributed by atoms with van der Waals surface area (Å²) in [4.78, 5) is 0. The zero-order chi connectivity index (χ0) is 15.6. The average molecular weight is 363 g/mol. The van der Waals surface area contributed by atoms with Crippen molar-refractivity contribution in [1.82, 2.24) is 9.78 Å². The van der Waals surface area contributed by atoms with Crippen LogP contribution in [0.25, 0.3) is 11.3 Å². The Morgan fingerprint density at radius 1 is 1.24 bits per heavy atom. The van der Waals surface area contributed by atoms with Crippen molar-refractivity contribution < 1.29 is 17.9 Å². The molecule has 2 aromatic rings. The first-order chi connectivity index (χ1) is 9.84. The van der Waals surface area contributed by atoms with Gasteiger partial charge >= 0.3 is 6.36 Å². The maximum atomic E-state index is 12.6. The quantitative estimate of drug-likeness (QED) is 0.781. The third-order valence-electron chi connectivity index (χ3n) is 2.94. The molecular formula is C14H14BrF3N2O. The number of aryl methyl sites for hydroxylation is 2. The van der Waals surface area contributed by atoms with Crippen LogP contribution in [-0.4, -0.2) is 16.1 Å². The maximum absolute atomic E-state index is 12.6. The number of hydrogen-bond donors (Lipinski definition) is 0. The largest absolute Gasteiger partial charge is 0.573 e. The Morgan fingerprint density at radius 3 is 2.52 bits per heavy atom. The topological polar surface area (TPSA) is 27.1 Å². The van der Waals surface area contributed by atoms with Crippen LogP contribution in [0, 0.1) is 0 Å². The van der Waals surface area contributed by atoms with Crippen LogP contribution in [0.3, 0.4) is 0 Å². The van der Waals surface area contributed by atoms with Gasteiger partial charge in [-0.1, -0.05) is 22.9 Å². The summed E-state index contributed by atoms with van der Waals surface area (Å²) in [5.41, 5.74) is 1.80. The molecule has 0 amide bonds. The van der Waals surface area contributed by atoms with Crippen LogP contribution in [0.5, 0.6) is 5.75 Å². The van der Waals surface area contributed by atoms with E-state index in [0.717, 1.165) is 5.69 Å². The zero-order valence-electron chi connectivity index (χ0n) is 11.5. The third-order valence-corrected chi connectivity index (χ3v) is 3.43. The second-order valence-corrected chi connectivity index (χ2v) is 5.29. The lowest BCUT2D eigenvalue weighted by Gasteiger charge is -2.14. The van der Waals surface area contributed by atoms with E-state index in [1.807, 2.05) is 13.8 Å². The molecule has 7 heteroatoms. The van der Waals surface area contributed by atoms with E-state index in [0.29, 0.717) is 28.7 Å². The van der Waals surface area contributed by atoms with Crippen LogP contribution in [0.2, 0.25) is 0 Å². The van der Waals surface area contributed by atoms with Crippen LogP contribution in [0.4, 0.5) is 13.2 Å². The lowest BCUT2D eigenvalue weighted by molar-refractivity contribution is -0.274. The standard InChI is InChI=1S/C14H14BrF3N2O/c1-3-10-8-12(20(4-2)19-10)11-6-5-9(15)7-13(11)21-14(16,17)18/h5-8H,3-4H2,1-2H3. The molecule has 1 heterocycles. The number of rotatable bonds is 4. The molecule has 0 radical (unpaired) electrons. The van der Waals surface area contributed by atoms with Crippen LogP contribution < -0.4 is 4.74 Å². The minimum atomic E-state index is -4.74. The molecule has 0 aliphatic rings. The molecule has 1 aromatic heterocycles. The van der Waals surface area contributed by atoms with Crippen molar-refractivity contribution in [2.24, 2.45) is 0 Å². The lowest BCUT2D eigenvalue weighted by atomic mass is 10.1. The second kappa shape index (κ2) is 6.09. The highest BCUT2D eigenvalue weighted by Crippen LogP contribution is 2.36. The fraction of sp³-hybridized carbons (Fsp3) is 0.357. The molecule has 0 fully saturated rings. The van der Waals surface area contributed by atoms with Gasteiger partial charge in [0.1, 0.15) is 5.75 Å².